The number of carboxylic acid groups (broad SMARTS) is 1. The fourth-order valence-electron chi connectivity index (χ4n) is 2.50. The van der Waals surface area contributed by atoms with Crippen LogP contribution in [-0.2, 0) is 34.2 Å². The zero-order valence-corrected chi connectivity index (χ0v) is 20.0. The third-order valence-corrected chi connectivity index (χ3v) is 4.59. The Morgan fingerprint density at radius 2 is 1.75 bits per heavy atom. The molecule has 28 heavy (non-hydrogen) atoms. The fourth-order valence-corrected chi connectivity index (χ4v) is 3.34. The van der Waals surface area contributed by atoms with E-state index in [1.807, 2.05) is 5.32 Å². The molecule has 1 aromatic carbocycles. The van der Waals surface area contributed by atoms with Crippen LogP contribution in [0.4, 0.5) is 0 Å². The molecule has 1 saturated heterocycles. The van der Waals surface area contributed by atoms with Gasteiger partial charge in [-0.1, -0.05) is 30.3 Å². The molecule has 1 heterocycles. The number of carboxylic acids is 1. The summed E-state index contributed by atoms with van der Waals surface area (Å²) in [6.45, 7) is 0. The van der Waals surface area contributed by atoms with Gasteiger partial charge in [-0.2, -0.15) is 12.7 Å². The number of carbonyl (C=O) groups is 4. The molecule has 0 aliphatic carbocycles. The van der Waals surface area contributed by atoms with Crippen molar-refractivity contribution in [2.24, 2.45) is 0 Å². The van der Waals surface area contributed by atoms with Gasteiger partial charge < -0.3 is 18.0 Å². The van der Waals surface area contributed by atoms with E-state index in [9.17, 15) is 32.7 Å². The first kappa shape index (κ1) is 27.0. The molecule has 0 radical (unpaired) electrons. The van der Waals surface area contributed by atoms with Gasteiger partial charge in [0.25, 0.3) is 5.91 Å². The van der Waals surface area contributed by atoms with Crippen molar-refractivity contribution in [3.8, 4) is 0 Å². The minimum atomic E-state index is -5.06. The summed E-state index contributed by atoms with van der Waals surface area (Å²) in [5.74, 6) is -6.85. The predicted octanol–water partition coefficient (Wildman–Crippen LogP) is -7.24. The number of hydrogen-bond donors (Lipinski definition) is 3. The number of benzene rings is 1. The summed E-state index contributed by atoms with van der Waals surface area (Å²) in [4.78, 5) is 47.4. The van der Waals surface area contributed by atoms with Gasteiger partial charge in [-0.15, -0.1) is 0 Å². The molecule has 14 heteroatoms. The Kier molecular flexibility index (Phi) is 10.3. The molecule has 0 bridgehead atoms. The number of rotatable bonds is 6. The average molecular weight is 434 g/mol. The molecule has 3 atom stereocenters. The van der Waals surface area contributed by atoms with Gasteiger partial charge in [-0.05, 0) is 5.56 Å². The zero-order valence-electron chi connectivity index (χ0n) is 17.2. The molecular weight excluding hydrogens is 418 g/mol. The molecule has 144 valence electrons. The third-order valence-electron chi connectivity index (χ3n) is 3.68. The second-order valence-corrected chi connectivity index (χ2v) is 6.54. The van der Waals surface area contributed by atoms with Crippen molar-refractivity contribution < 1.29 is 104 Å². The summed E-state index contributed by atoms with van der Waals surface area (Å²) in [5, 5.41) is 11.3. The minimum Gasteiger partial charge on any atom is -1.00 e. The molecule has 11 nitrogen and oxygen atoms in total. The van der Waals surface area contributed by atoms with Crippen molar-refractivity contribution >= 4 is 34.1 Å². The summed E-state index contributed by atoms with van der Waals surface area (Å²) < 4.78 is 35.6. The standard InChI is InChI=1S/C14H14N2O9S.2Na.2H/c1-25-14(21)10-9(12(18)16(10)26(22,23)24)15-11(17)8(13(19)20)7-5-3-2-4-6-7;;;;/h2-6,8-10H,1H3,(H,15,17)(H,19,20)(H,22,23,24);;;;/q;2*+1;2*-1. The predicted molar refractivity (Wildman–Crippen MR) is 85.2 cm³/mol. The third kappa shape index (κ3) is 5.54. The van der Waals surface area contributed by atoms with Crippen molar-refractivity contribution in [2.75, 3.05) is 7.11 Å². The summed E-state index contributed by atoms with van der Waals surface area (Å²) >= 11 is 0. The van der Waals surface area contributed by atoms with Crippen molar-refractivity contribution in [1.82, 2.24) is 9.62 Å². The number of nitrogens with zero attached hydrogens (tertiary/aromatic N) is 1. The largest absolute Gasteiger partial charge is 1.00 e. The molecule has 0 aromatic heterocycles. The van der Waals surface area contributed by atoms with Crippen LogP contribution < -0.4 is 64.4 Å². The van der Waals surface area contributed by atoms with E-state index in [1.54, 1.807) is 6.07 Å². The SMILES string of the molecule is COC(=O)C1C(NC(=O)C(C(=O)O)c2ccccc2)C(=O)N1S(=O)(=O)O.[H-].[H-].[Na+].[Na+]. The molecule has 2 amide bonds. The molecule has 1 aliphatic rings. The van der Waals surface area contributed by atoms with Crippen molar-refractivity contribution in [3.05, 3.63) is 35.9 Å². The van der Waals surface area contributed by atoms with Crippen LogP contribution in [0.25, 0.3) is 0 Å². The van der Waals surface area contributed by atoms with Crippen LogP contribution in [0.15, 0.2) is 30.3 Å². The molecule has 3 unspecified atom stereocenters. The van der Waals surface area contributed by atoms with E-state index < -0.39 is 52.1 Å². The zero-order chi connectivity index (χ0) is 19.6. The van der Waals surface area contributed by atoms with Crippen molar-refractivity contribution in [2.45, 2.75) is 18.0 Å². The molecule has 1 fully saturated rings. The van der Waals surface area contributed by atoms with Crippen molar-refractivity contribution in [1.29, 1.82) is 0 Å². The Morgan fingerprint density at radius 1 is 1.21 bits per heavy atom. The van der Waals surface area contributed by atoms with E-state index in [-0.39, 0.29) is 71.8 Å². The van der Waals surface area contributed by atoms with Gasteiger partial charge in [-0.25, -0.2) is 4.79 Å². The van der Waals surface area contributed by atoms with Gasteiger partial charge in [0.05, 0.1) is 7.11 Å². The average Bonchev–Trinajstić information content (AvgIpc) is 2.56. The Morgan fingerprint density at radius 3 is 2.18 bits per heavy atom. The Hall–Kier alpha value is -0.990. The van der Waals surface area contributed by atoms with E-state index in [0.717, 1.165) is 7.11 Å². The number of amides is 2. The van der Waals surface area contributed by atoms with E-state index in [1.165, 1.54) is 24.3 Å². The number of aliphatic carboxylic acids is 1. The molecular formula is C14H16N2Na2O9S. The van der Waals surface area contributed by atoms with E-state index in [4.69, 9.17) is 4.55 Å². The quantitative estimate of drug-likeness (QED) is 0.130. The molecule has 2 rings (SSSR count). The second kappa shape index (κ2) is 10.7. The molecule has 0 spiro atoms. The van der Waals surface area contributed by atoms with Crippen LogP contribution in [0.2, 0.25) is 0 Å². The minimum absolute atomic E-state index is 0. The number of β-lactam (4-membered cyclic amide) rings is 1. The summed E-state index contributed by atoms with van der Waals surface area (Å²) in [6.07, 6.45) is 0. The number of esters is 1. The number of hydrogen-bond acceptors (Lipinski definition) is 7. The summed E-state index contributed by atoms with van der Waals surface area (Å²) in [5.41, 5.74) is 0.116. The number of ether oxygens (including phenoxy) is 1. The fraction of sp³-hybridized carbons (Fsp3) is 0.286. The molecule has 1 aromatic rings. The second-order valence-electron chi connectivity index (χ2n) is 5.25. The van der Waals surface area contributed by atoms with Gasteiger partial charge in [0.1, 0.15) is 6.04 Å². The molecule has 1 aliphatic heterocycles. The first-order chi connectivity index (χ1) is 12.1. The van der Waals surface area contributed by atoms with E-state index in [2.05, 4.69) is 4.74 Å². The van der Waals surface area contributed by atoms with Crippen LogP contribution >= 0.6 is 0 Å². The maximum absolute atomic E-state index is 12.3. The van der Waals surface area contributed by atoms with Gasteiger partial charge in [0, 0.05) is 0 Å². The van der Waals surface area contributed by atoms with Gasteiger partial charge >= 0.3 is 81.4 Å². The number of nitrogens with one attached hydrogen (secondary N) is 1. The topological polar surface area (TPSA) is 167 Å². The monoisotopic (exact) mass is 434 g/mol. The number of methoxy groups -OCH3 is 1. The first-order valence-electron chi connectivity index (χ1n) is 7.06. The van der Waals surface area contributed by atoms with E-state index >= 15 is 0 Å². The maximum atomic E-state index is 12.3. The first-order valence-corrected chi connectivity index (χ1v) is 8.46. The van der Waals surface area contributed by atoms with E-state index in [0.29, 0.717) is 0 Å². The van der Waals surface area contributed by atoms with Crippen LogP contribution in [0.5, 0.6) is 0 Å². The van der Waals surface area contributed by atoms with Gasteiger partial charge in [-0.3, -0.25) is 18.9 Å². The van der Waals surface area contributed by atoms with Crippen LogP contribution in [-0.4, -0.2) is 65.3 Å². The van der Waals surface area contributed by atoms with Crippen LogP contribution in [0.1, 0.15) is 14.3 Å². The molecule has 0 saturated carbocycles. The van der Waals surface area contributed by atoms with Gasteiger partial charge in [0.15, 0.2) is 12.0 Å². The number of carbonyl (C=O) groups excluding carboxylic acids is 3. The Balaban J connectivity index is -0.00000182. The maximum Gasteiger partial charge on any atom is 1.00 e. The normalized spacial score (nSPS) is 19.2. The Bertz CT molecular complexity index is 873. The van der Waals surface area contributed by atoms with Crippen LogP contribution in [0.3, 0.4) is 0 Å². The van der Waals surface area contributed by atoms with Crippen LogP contribution in [0, 0.1) is 0 Å². The Labute approximate surface area is 207 Å². The smallest absolute Gasteiger partial charge is 1.00 e. The summed E-state index contributed by atoms with van der Waals surface area (Å²) in [7, 11) is -4.15. The van der Waals surface area contributed by atoms with Gasteiger partial charge in [0.2, 0.25) is 5.91 Å². The summed E-state index contributed by atoms with van der Waals surface area (Å²) in [6, 6.07) is 3.84. The van der Waals surface area contributed by atoms with Crippen molar-refractivity contribution in [3.63, 3.8) is 0 Å². The molecule has 3 N–H and O–H groups in total.